The largest absolute Gasteiger partial charge is 0.389 e. The van der Waals surface area contributed by atoms with Gasteiger partial charge in [0.1, 0.15) is 16.9 Å². The number of rotatable bonds is 7. The number of halogens is 5. The minimum atomic E-state index is -4.37. The fraction of sp³-hybridized carbons (Fsp3) is 0.368. The van der Waals surface area contributed by atoms with Crippen molar-refractivity contribution < 1.29 is 22.0 Å². The topological polar surface area (TPSA) is 84.7 Å². The van der Waals surface area contributed by atoms with Gasteiger partial charge in [0.15, 0.2) is 17.3 Å². The number of hydrogen-bond acceptors (Lipinski definition) is 7. The SMILES string of the molecule is CNc1ncc2nc(-c3cc(F)c(NSCCC(F)(F)F)c(F)c3)c(=O)n(C(C)C)c2n1. The van der Waals surface area contributed by atoms with Crippen LogP contribution in [0.25, 0.3) is 22.4 Å². The lowest BCUT2D eigenvalue weighted by molar-refractivity contribution is -0.129. The molecule has 2 aromatic heterocycles. The van der Waals surface area contributed by atoms with Crippen LogP contribution in [-0.4, -0.2) is 38.5 Å². The third-order valence-corrected chi connectivity index (χ3v) is 5.11. The highest BCUT2D eigenvalue weighted by molar-refractivity contribution is 8.00. The number of fused-ring (bicyclic) bond motifs is 1. The standard InChI is InChI=1S/C19H19F5N6OS/c1-9(2)30-16-13(8-26-18(25-3)28-16)27-14(17(30)31)10-6-11(20)15(12(21)7-10)29-32-5-4-19(22,23)24/h6-9,29H,4-5H2,1-3H3,(H,25,26,28). The molecule has 0 aliphatic heterocycles. The summed E-state index contributed by atoms with van der Waals surface area (Å²) in [6.07, 6.45) is -4.10. The van der Waals surface area contributed by atoms with Gasteiger partial charge in [0, 0.05) is 24.4 Å². The first kappa shape index (κ1) is 23.7. The molecule has 0 aliphatic carbocycles. The second kappa shape index (κ2) is 9.27. The van der Waals surface area contributed by atoms with Gasteiger partial charge in [0.2, 0.25) is 5.95 Å². The van der Waals surface area contributed by atoms with E-state index in [1.54, 1.807) is 20.9 Å². The Balaban J connectivity index is 2.02. The van der Waals surface area contributed by atoms with Crippen LogP contribution in [0, 0.1) is 11.6 Å². The third kappa shape index (κ3) is 5.09. The highest BCUT2D eigenvalue weighted by atomic mass is 32.2. The molecule has 1 aromatic carbocycles. The molecular formula is C19H19F5N6OS. The molecule has 172 valence electrons. The van der Waals surface area contributed by atoms with Crippen LogP contribution in [0.1, 0.15) is 26.3 Å². The number of nitrogens with one attached hydrogen (secondary N) is 2. The summed E-state index contributed by atoms with van der Waals surface area (Å²) in [5, 5.41) is 2.77. The lowest BCUT2D eigenvalue weighted by Crippen LogP contribution is -2.26. The quantitative estimate of drug-likeness (QED) is 0.290. The van der Waals surface area contributed by atoms with Gasteiger partial charge in [0.05, 0.1) is 12.6 Å². The van der Waals surface area contributed by atoms with E-state index in [0.717, 1.165) is 12.1 Å². The van der Waals surface area contributed by atoms with E-state index in [4.69, 9.17) is 0 Å². The van der Waals surface area contributed by atoms with Crippen LogP contribution in [0.4, 0.5) is 33.6 Å². The van der Waals surface area contributed by atoms with Crippen LogP contribution < -0.4 is 15.6 Å². The van der Waals surface area contributed by atoms with Crippen LogP contribution in [0.2, 0.25) is 0 Å². The molecule has 0 fully saturated rings. The minimum absolute atomic E-state index is 0.121. The van der Waals surface area contributed by atoms with E-state index < -0.39 is 41.2 Å². The summed E-state index contributed by atoms with van der Waals surface area (Å²) in [7, 11) is 1.61. The van der Waals surface area contributed by atoms with Crippen molar-refractivity contribution in [2.24, 2.45) is 0 Å². The van der Waals surface area contributed by atoms with Gasteiger partial charge in [-0.25, -0.2) is 18.7 Å². The number of nitrogens with zero attached hydrogens (tertiary/aromatic N) is 4. The molecule has 2 heterocycles. The Morgan fingerprint density at radius 3 is 2.38 bits per heavy atom. The van der Waals surface area contributed by atoms with Gasteiger partial charge in [-0.15, -0.1) is 0 Å². The first-order valence-corrected chi connectivity index (χ1v) is 10.4. The third-order valence-electron chi connectivity index (χ3n) is 4.35. The monoisotopic (exact) mass is 474 g/mol. The molecular weight excluding hydrogens is 455 g/mol. The Morgan fingerprint density at radius 2 is 1.81 bits per heavy atom. The predicted octanol–water partition coefficient (Wildman–Crippen LogP) is 4.77. The van der Waals surface area contributed by atoms with E-state index in [9.17, 15) is 26.7 Å². The van der Waals surface area contributed by atoms with E-state index in [1.165, 1.54) is 10.8 Å². The first-order chi connectivity index (χ1) is 15.0. The molecule has 0 amide bonds. The lowest BCUT2D eigenvalue weighted by atomic mass is 10.1. The minimum Gasteiger partial charge on any atom is -0.357 e. The molecule has 0 aliphatic rings. The lowest BCUT2D eigenvalue weighted by Gasteiger charge is -2.15. The van der Waals surface area contributed by atoms with Gasteiger partial charge in [-0.2, -0.15) is 18.2 Å². The van der Waals surface area contributed by atoms with Crippen molar-refractivity contribution >= 4 is 34.7 Å². The maximum absolute atomic E-state index is 14.6. The van der Waals surface area contributed by atoms with Gasteiger partial charge < -0.3 is 10.0 Å². The predicted molar refractivity (Wildman–Crippen MR) is 114 cm³/mol. The van der Waals surface area contributed by atoms with Crippen molar-refractivity contribution in [2.75, 3.05) is 22.8 Å². The Morgan fingerprint density at radius 1 is 1.16 bits per heavy atom. The summed E-state index contributed by atoms with van der Waals surface area (Å²) in [6, 6.07) is 1.46. The smallest absolute Gasteiger partial charge is 0.357 e. The second-order valence-corrected chi connectivity index (χ2v) is 7.91. The van der Waals surface area contributed by atoms with Gasteiger partial charge in [0.25, 0.3) is 5.56 Å². The molecule has 0 unspecified atom stereocenters. The molecule has 3 rings (SSSR count). The molecule has 0 spiro atoms. The van der Waals surface area contributed by atoms with E-state index in [2.05, 4.69) is 25.0 Å². The number of benzene rings is 1. The molecule has 7 nitrogen and oxygen atoms in total. The maximum atomic E-state index is 14.6. The zero-order valence-electron chi connectivity index (χ0n) is 17.2. The number of aromatic nitrogens is 4. The van der Waals surface area contributed by atoms with Gasteiger partial charge in [-0.05, 0) is 26.0 Å². The van der Waals surface area contributed by atoms with Crippen LogP contribution in [0.3, 0.4) is 0 Å². The first-order valence-electron chi connectivity index (χ1n) is 9.43. The molecule has 13 heteroatoms. The van der Waals surface area contributed by atoms with Crippen LogP contribution in [-0.2, 0) is 0 Å². The summed E-state index contributed by atoms with van der Waals surface area (Å²) >= 11 is 0.524. The zero-order valence-corrected chi connectivity index (χ0v) is 18.0. The number of anilines is 2. The maximum Gasteiger partial charge on any atom is 0.389 e. The molecule has 3 aromatic rings. The Kier molecular flexibility index (Phi) is 6.86. The Bertz CT molecular complexity index is 1170. The molecule has 0 atom stereocenters. The zero-order chi connectivity index (χ0) is 23.6. The van der Waals surface area contributed by atoms with Crippen molar-refractivity contribution in [1.82, 2.24) is 19.5 Å². The van der Waals surface area contributed by atoms with Gasteiger partial charge in [-0.3, -0.25) is 9.36 Å². The fourth-order valence-corrected chi connectivity index (χ4v) is 3.66. The normalized spacial score (nSPS) is 11.9. The summed E-state index contributed by atoms with van der Waals surface area (Å²) in [4.78, 5) is 25.6. The van der Waals surface area contributed by atoms with Gasteiger partial charge >= 0.3 is 6.18 Å². The van der Waals surface area contributed by atoms with Crippen LogP contribution >= 0.6 is 11.9 Å². The number of alkyl halides is 3. The van der Waals surface area contributed by atoms with Crippen molar-refractivity contribution in [3.05, 3.63) is 40.3 Å². The van der Waals surface area contributed by atoms with E-state index in [-0.39, 0.29) is 34.4 Å². The van der Waals surface area contributed by atoms with Gasteiger partial charge in [-0.1, -0.05) is 11.9 Å². The van der Waals surface area contributed by atoms with Crippen molar-refractivity contribution in [3.63, 3.8) is 0 Å². The summed E-state index contributed by atoms with van der Waals surface area (Å²) < 4.78 is 69.4. The molecule has 0 saturated carbocycles. The molecule has 32 heavy (non-hydrogen) atoms. The summed E-state index contributed by atoms with van der Waals surface area (Å²) in [5.41, 5.74) is -1.03. The van der Waals surface area contributed by atoms with Crippen molar-refractivity contribution in [2.45, 2.75) is 32.5 Å². The van der Waals surface area contributed by atoms with E-state index in [1.807, 2.05) is 0 Å². The number of hydrogen-bond donors (Lipinski definition) is 2. The Labute approximate surface area is 183 Å². The van der Waals surface area contributed by atoms with E-state index in [0.29, 0.717) is 11.9 Å². The van der Waals surface area contributed by atoms with Crippen molar-refractivity contribution in [1.29, 1.82) is 0 Å². The van der Waals surface area contributed by atoms with Crippen LogP contribution in [0.15, 0.2) is 23.1 Å². The molecule has 0 bridgehead atoms. The second-order valence-electron chi connectivity index (χ2n) is 7.01. The van der Waals surface area contributed by atoms with Crippen molar-refractivity contribution in [3.8, 4) is 11.3 Å². The Hall–Kier alpha value is -2.96. The fourth-order valence-electron chi connectivity index (χ4n) is 2.89. The highest BCUT2D eigenvalue weighted by Crippen LogP contribution is 2.29. The average Bonchev–Trinajstić information content (AvgIpc) is 2.70. The van der Waals surface area contributed by atoms with Crippen LogP contribution in [0.5, 0.6) is 0 Å². The molecule has 0 saturated heterocycles. The summed E-state index contributed by atoms with van der Waals surface area (Å²) in [5.74, 6) is -2.29. The molecule has 0 radical (unpaired) electrons. The average molecular weight is 474 g/mol. The molecule has 2 N–H and O–H groups in total. The summed E-state index contributed by atoms with van der Waals surface area (Å²) in [6.45, 7) is 3.50. The van der Waals surface area contributed by atoms with E-state index >= 15 is 0 Å². The highest BCUT2D eigenvalue weighted by Gasteiger charge is 2.26.